The molecular weight excluding hydrogens is 789 g/mol. The third-order valence-corrected chi connectivity index (χ3v) is 13.0. The van der Waals surface area contributed by atoms with E-state index in [-0.39, 0.29) is 49.8 Å². The van der Waals surface area contributed by atoms with Gasteiger partial charge in [0.1, 0.15) is 36.3 Å². The predicted molar refractivity (Wildman–Crippen MR) is 225 cm³/mol. The molecule has 3 fully saturated rings. The number of carbonyl (C=O) groups excluding carboxylic acids is 10. The first-order chi connectivity index (χ1) is 28.3. The Hall–Kier alpha value is -4.90. The molecule has 3 unspecified atom stereocenters. The lowest BCUT2D eigenvalue weighted by Crippen LogP contribution is -2.59. The largest absolute Gasteiger partial charge is 0.343 e. The van der Waals surface area contributed by atoms with Crippen molar-refractivity contribution in [2.75, 3.05) is 41.3 Å². The van der Waals surface area contributed by atoms with Gasteiger partial charge in [0.15, 0.2) is 11.6 Å². The molecule has 0 spiro atoms. The first-order valence-corrected chi connectivity index (χ1v) is 21.7. The summed E-state index contributed by atoms with van der Waals surface area (Å²) in [5, 5.41) is 5.43. The Morgan fingerprint density at radius 3 is 1.33 bits per heavy atom. The van der Waals surface area contributed by atoms with Gasteiger partial charge in [-0.1, -0.05) is 27.7 Å². The van der Waals surface area contributed by atoms with Crippen LogP contribution in [0.25, 0.3) is 0 Å². The molecule has 3 aliphatic heterocycles. The molecule has 342 valence electrons. The molecule has 3 saturated heterocycles. The van der Waals surface area contributed by atoms with Crippen LogP contribution in [0, 0.1) is 17.8 Å². The molecular formula is C43H70N8O10. The standard InChI is InChI=1S/C43H70N8O10/c1-23(2)20-31-41(59)51-19-15-17-33(51)42(60)47(11)28(7)34(52)21-24(3)38(56)46(10)27(6)35(53)22-25(4)39(57)50-18-14-16-32(50)43(61)49(13)29(8)36(54)44-26(5)40(58)48(12)30(9)37(55)45-31/h23-33H,14-22H2,1-13H3,(H,44,54)(H,45,55)/t24-,25-,26?,27+,28?,29?,30+,31+,32-,33-/m1/s1. The monoisotopic (exact) mass is 859 g/mol. The second kappa shape index (κ2) is 21.3. The van der Waals surface area contributed by atoms with Crippen molar-refractivity contribution in [2.24, 2.45) is 17.8 Å². The van der Waals surface area contributed by atoms with Crippen LogP contribution in [-0.2, 0) is 47.9 Å². The highest BCUT2D eigenvalue weighted by Crippen LogP contribution is 2.26. The number of carbonyl (C=O) groups is 10. The number of ketones is 2. The molecule has 3 rings (SSSR count). The van der Waals surface area contributed by atoms with E-state index in [2.05, 4.69) is 10.6 Å². The van der Waals surface area contributed by atoms with E-state index in [1.807, 2.05) is 13.8 Å². The van der Waals surface area contributed by atoms with Crippen molar-refractivity contribution in [3.63, 3.8) is 0 Å². The van der Waals surface area contributed by atoms with Gasteiger partial charge in [-0.05, 0) is 72.6 Å². The summed E-state index contributed by atoms with van der Waals surface area (Å²) in [7, 11) is 5.77. The van der Waals surface area contributed by atoms with Gasteiger partial charge in [0.05, 0.1) is 12.1 Å². The quantitative estimate of drug-likeness (QED) is 0.395. The summed E-state index contributed by atoms with van der Waals surface area (Å²) in [5.41, 5.74) is 0. The number of fused-ring (bicyclic) bond motifs is 2. The molecule has 0 saturated carbocycles. The number of amides is 8. The molecule has 18 heteroatoms. The van der Waals surface area contributed by atoms with E-state index >= 15 is 0 Å². The van der Waals surface area contributed by atoms with Crippen LogP contribution in [0.3, 0.4) is 0 Å². The van der Waals surface area contributed by atoms with Gasteiger partial charge < -0.3 is 40.0 Å². The van der Waals surface area contributed by atoms with Crippen LogP contribution in [-0.4, -0.2) is 178 Å². The highest BCUT2D eigenvalue weighted by molar-refractivity contribution is 5.99. The van der Waals surface area contributed by atoms with Crippen LogP contribution < -0.4 is 10.6 Å². The predicted octanol–water partition coefficient (Wildman–Crippen LogP) is 0.596. The Morgan fingerprint density at radius 2 is 0.869 bits per heavy atom. The Morgan fingerprint density at radius 1 is 0.492 bits per heavy atom. The van der Waals surface area contributed by atoms with E-state index in [1.165, 1.54) is 73.5 Å². The number of hydrogen-bond acceptors (Lipinski definition) is 10. The molecule has 2 N–H and O–H groups in total. The fourth-order valence-corrected chi connectivity index (χ4v) is 8.23. The third-order valence-electron chi connectivity index (χ3n) is 13.0. The Balaban J connectivity index is 1.96. The topological polar surface area (TPSA) is 214 Å². The number of nitrogens with one attached hydrogen (secondary N) is 2. The molecule has 8 amide bonds. The van der Waals surface area contributed by atoms with Crippen LogP contribution in [0.2, 0.25) is 0 Å². The molecule has 0 aliphatic carbocycles. The molecule has 18 nitrogen and oxygen atoms in total. The summed E-state index contributed by atoms with van der Waals surface area (Å²) in [6, 6.07) is -7.94. The molecule has 0 aromatic heterocycles. The van der Waals surface area contributed by atoms with Crippen molar-refractivity contribution >= 4 is 58.8 Å². The van der Waals surface area contributed by atoms with Crippen LogP contribution in [0.1, 0.15) is 107 Å². The Kier molecular flexibility index (Phi) is 17.6. The highest BCUT2D eigenvalue weighted by atomic mass is 16.2. The maximum atomic E-state index is 14.2. The molecule has 0 radical (unpaired) electrons. The van der Waals surface area contributed by atoms with E-state index in [9.17, 15) is 47.9 Å². The first-order valence-electron chi connectivity index (χ1n) is 21.7. The number of likely N-dealkylation sites (N-methyl/N-ethyl adjacent to an activating group) is 4. The van der Waals surface area contributed by atoms with Gasteiger partial charge >= 0.3 is 0 Å². The maximum absolute atomic E-state index is 14.2. The minimum absolute atomic E-state index is 0.0447. The van der Waals surface area contributed by atoms with Gasteiger partial charge in [0.25, 0.3) is 0 Å². The zero-order valence-corrected chi connectivity index (χ0v) is 38.5. The van der Waals surface area contributed by atoms with Crippen molar-refractivity contribution in [2.45, 2.75) is 156 Å². The summed E-state index contributed by atoms with van der Waals surface area (Å²) in [5.74, 6) is -6.64. The smallest absolute Gasteiger partial charge is 0.245 e. The van der Waals surface area contributed by atoms with Crippen molar-refractivity contribution in [3.8, 4) is 0 Å². The van der Waals surface area contributed by atoms with Crippen LogP contribution in [0.4, 0.5) is 0 Å². The summed E-state index contributed by atoms with van der Waals surface area (Å²) < 4.78 is 0. The molecule has 10 atom stereocenters. The molecule has 0 aromatic carbocycles. The number of nitrogens with zero attached hydrogens (tertiary/aromatic N) is 6. The van der Waals surface area contributed by atoms with Crippen molar-refractivity contribution in [1.82, 2.24) is 40.0 Å². The lowest BCUT2D eigenvalue weighted by atomic mass is 9.95. The lowest BCUT2D eigenvalue weighted by molar-refractivity contribution is -0.149. The molecule has 3 heterocycles. The van der Waals surface area contributed by atoms with E-state index in [1.54, 1.807) is 27.7 Å². The van der Waals surface area contributed by atoms with Crippen molar-refractivity contribution in [3.05, 3.63) is 0 Å². The van der Waals surface area contributed by atoms with Crippen molar-refractivity contribution < 1.29 is 47.9 Å². The van der Waals surface area contributed by atoms with E-state index in [4.69, 9.17) is 0 Å². The van der Waals surface area contributed by atoms with Gasteiger partial charge in [-0.25, -0.2) is 0 Å². The van der Waals surface area contributed by atoms with E-state index < -0.39 is 107 Å². The minimum atomic E-state index is -1.11. The summed E-state index contributed by atoms with van der Waals surface area (Å²) in [4.78, 5) is 145. The zero-order chi connectivity index (χ0) is 46.4. The summed E-state index contributed by atoms with van der Waals surface area (Å²) in [6.07, 6.45) is 1.54. The van der Waals surface area contributed by atoms with Gasteiger partial charge in [0.2, 0.25) is 47.3 Å². The van der Waals surface area contributed by atoms with Gasteiger partial charge in [0, 0.05) is 66.0 Å². The minimum Gasteiger partial charge on any atom is -0.343 e. The average molecular weight is 859 g/mol. The Bertz CT molecular complexity index is 1720. The zero-order valence-electron chi connectivity index (χ0n) is 38.5. The van der Waals surface area contributed by atoms with E-state index in [0.717, 1.165) is 4.90 Å². The van der Waals surface area contributed by atoms with Gasteiger partial charge in [-0.3, -0.25) is 47.9 Å². The number of hydrogen-bond donors (Lipinski definition) is 2. The lowest BCUT2D eigenvalue weighted by Gasteiger charge is -2.35. The van der Waals surface area contributed by atoms with Crippen LogP contribution in [0.5, 0.6) is 0 Å². The van der Waals surface area contributed by atoms with Crippen LogP contribution >= 0.6 is 0 Å². The first kappa shape index (κ1) is 50.5. The normalized spacial score (nSPS) is 32.4. The van der Waals surface area contributed by atoms with Crippen molar-refractivity contribution in [1.29, 1.82) is 0 Å². The SMILES string of the molecule is CC(C)C[C@@H]1NC(=O)[C@H](C)N(C)C(=O)C(C)NC(=O)C(C)N(C)C(=O)[C@H]2CCCN2C(=O)[C@H](C)CC(=O)[C@H](C)N(C)C(=O)[C@H](C)CC(=O)C(C)N(C)C(=O)[C@H]2CCCN2C1=O. The molecule has 61 heavy (non-hydrogen) atoms. The second-order valence-corrected chi connectivity index (χ2v) is 17.9. The summed E-state index contributed by atoms with van der Waals surface area (Å²) in [6.45, 7) is 15.0. The highest BCUT2D eigenvalue weighted by Gasteiger charge is 2.43. The fourth-order valence-electron chi connectivity index (χ4n) is 8.23. The number of rotatable bonds is 2. The summed E-state index contributed by atoms with van der Waals surface area (Å²) >= 11 is 0. The van der Waals surface area contributed by atoms with Crippen LogP contribution in [0.15, 0.2) is 0 Å². The second-order valence-electron chi connectivity index (χ2n) is 17.9. The molecule has 3 aliphatic rings. The van der Waals surface area contributed by atoms with Gasteiger partial charge in [-0.2, -0.15) is 0 Å². The third kappa shape index (κ3) is 11.7. The molecule has 0 aromatic rings. The maximum Gasteiger partial charge on any atom is 0.245 e. The van der Waals surface area contributed by atoms with E-state index in [0.29, 0.717) is 25.7 Å². The average Bonchev–Trinajstić information content (AvgIpc) is 3.92. The Labute approximate surface area is 360 Å². The van der Waals surface area contributed by atoms with Gasteiger partial charge in [-0.15, -0.1) is 0 Å². The fraction of sp³-hybridized carbons (Fsp3) is 0.767. The number of Topliss-reactive ketones (excluding diaryl/α,β-unsaturated/α-hetero) is 2. The molecule has 0 bridgehead atoms.